The van der Waals surface area contributed by atoms with Crippen LogP contribution in [0.5, 0.6) is 0 Å². The van der Waals surface area contributed by atoms with Crippen molar-refractivity contribution < 1.29 is 35.9 Å². The molecule has 1 unspecified atom stereocenters. The molecule has 0 radical (unpaired) electrons. The summed E-state index contributed by atoms with van der Waals surface area (Å²) < 4.78 is 66.9. The molecule has 0 aromatic heterocycles. The van der Waals surface area contributed by atoms with E-state index < -0.39 is 60.2 Å². The Morgan fingerprint density at radius 2 is 1.68 bits per heavy atom. The van der Waals surface area contributed by atoms with Gasteiger partial charge in [0.25, 0.3) is 0 Å². The fourth-order valence-electron chi connectivity index (χ4n) is 6.07. The molecule has 3 aliphatic heterocycles. The third-order valence-electron chi connectivity index (χ3n) is 8.15. The maximum Gasteiger partial charge on any atom is 0.410 e. The number of fused-ring (bicyclic) bond motifs is 2. The predicted octanol–water partition coefficient (Wildman–Crippen LogP) is 2.87. The summed E-state index contributed by atoms with van der Waals surface area (Å²) in [6.07, 6.45) is -0.355. The first-order valence-electron chi connectivity index (χ1n) is 13.3. The van der Waals surface area contributed by atoms with Crippen LogP contribution in [0.25, 0.3) is 10.8 Å². The van der Waals surface area contributed by atoms with Crippen LogP contribution in [-0.4, -0.2) is 105 Å². The molecule has 11 nitrogen and oxygen atoms in total. The Hall–Kier alpha value is -2.45. The lowest BCUT2D eigenvalue weighted by molar-refractivity contribution is -0.140. The van der Waals surface area contributed by atoms with E-state index in [9.17, 15) is 26.4 Å². The van der Waals surface area contributed by atoms with E-state index in [0.717, 1.165) is 9.69 Å². The molecule has 3 heterocycles. The van der Waals surface area contributed by atoms with Crippen LogP contribution in [0.15, 0.2) is 41.3 Å². The van der Waals surface area contributed by atoms with Crippen LogP contribution in [0.4, 0.5) is 4.79 Å². The molecule has 5 rings (SSSR count). The van der Waals surface area contributed by atoms with Crippen molar-refractivity contribution in [3.8, 4) is 0 Å². The number of carbonyl (C=O) groups excluding carboxylic acids is 2. The standard InChI is InChI=1S/C27H34ClN3O8S2/c1-25(2,3)39-24(33)29-11-9-26(10-12-29)16-31-23(32)15-30(17-27(31,18-38-4)41(26,36)37)40(34,35)22-8-6-19-13-21(28)7-5-20(19)14-22/h5-8,13-14H,9-12,15-18H2,1-4H3. The number of likely N-dealkylation sites (tertiary alicyclic amines) is 1. The molecular weight excluding hydrogens is 594 g/mol. The zero-order valence-corrected chi connectivity index (χ0v) is 25.8. The van der Waals surface area contributed by atoms with Crippen LogP contribution in [0.2, 0.25) is 5.02 Å². The van der Waals surface area contributed by atoms with Gasteiger partial charge < -0.3 is 19.3 Å². The van der Waals surface area contributed by atoms with E-state index in [1.165, 1.54) is 29.0 Å². The van der Waals surface area contributed by atoms with E-state index in [1.807, 2.05) is 0 Å². The summed E-state index contributed by atoms with van der Waals surface area (Å²) in [7, 11) is -7.12. The van der Waals surface area contributed by atoms with Crippen molar-refractivity contribution in [1.29, 1.82) is 0 Å². The minimum atomic E-state index is -4.26. The molecule has 14 heteroatoms. The van der Waals surface area contributed by atoms with E-state index in [2.05, 4.69) is 0 Å². The summed E-state index contributed by atoms with van der Waals surface area (Å²) in [5.41, 5.74) is -0.700. The second-order valence-electron chi connectivity index (χ2n) is 11.9. The Kier molecular flexibility index (Phi) is 7.38. The monoisotopic (exact) mass is 627 g/mol. The van der Waals surface area contributed by atoms with Gasteiger partial charge in [0.1, 0.15) is 5.60 Å². The van der Waals surface area contributed by atoms with Gasteiger partial charge in [0.2, 0.25) is 15.9 Å². The lowest BCUT2D eigenvalue weighted by Crippen LogP contribution is -2.67. The number of benzene rings is 2. The van der Waals surface area contributed by atoms with Crippen LogP contribution in [0.3, 0.4) is 0 Å². The Balaban J connectivity index is 1.47. The Labute approximate surface area is 245 Å². The Morgan fingerprint density at radius 3 is 2.32 bits per heavy atom. The molecule has 0 saturated carbocycles. The Bertz CT molecular complexity index is 1610. The Morgan fingerprint density at radius 1 is 1.05 bits per heavy atom. The van der Waals surface area contributed by atoms with Gasteiger partial charge in [0.05, 0.1) is 29.3 Å². The highest BCUT2D eigenvalue weighted by atomic mass is 35.5. The second kappa shape index (κ2) is 10.1. The van der Waals surface area contributed by atoms with Crippen LogP contribution in [-0.2, 0) is 34.1 Å². The quantitative estimate of drug-likeness (QED) is 0.506. The fourth-order valence-corrected chi connectivity index (χ4v) is 10.7. The molecule has 0 N–H and O–H groups in total. The van der Waals surface area contributed by atoms with E-state index in [-0.39, 0.29) is 44.0 Å². The molecule has 1 spiro atoms. The van der Waals surface area contributed by atoms with Crippen molar-refractivity contribution in [2.24, 2.45) is 0 Å². The van der Waals surface area contributed by atoms with Crippen molar-refractivity contribution in [3.63, 3.8) is 0 Å². The number of amides is 2. The molecular formula is C27H34ClN3O8S2. The molecule has 3 saturated heterocycles. The first-order valence-corrected chi connectivity index (χ1v) is 16.6. The van der Waals surface area contributed by atoms with Crippen LogP contribution < -0.4 is 0 Å². The number of methoxy groups -OCH3 is 1. The largest absolute Gasteiger partial charge is 0.444 e. The third-order valence-corrected chi connectivity index (χ3v) is 13.3. The first-order chi connectivity index (χ1) is 19.1. The maximum absolute atomic E-state index is 14.4. The SMILES string of the molecule is COCC12CN(S(=O)(=O)c3ccc4cc(Cl)ccc4c3)CC(=O)N1CC1(CCN(C(=O)OC(C)(C)C)CC1)S2(=O)=O. The molecule has 2 aromatic carbocycles. The number of nitrogens with zero attached hydrogens (tertiary/aromatic N) is 3. The smallest absolute Gasteiger partial charge is 0.410 e. The molecule has 0 bridgehead atoms. The van der Waals surface area contributed by atoms with Crippen LogP contribution in [0, 0.1) is 0 Å². The lowest BCUT2D eigenvalue weighted by atomic mass is 9.94. The zero-order valence-electron chi connectivity index (χ0n) is 23.4. The highest BCUT2D eigenvalue weighted by molar-refractivity contribution is 7.94. The summed E-state index contributed by atoms with van der Waals surface area (Å²) in [5, 5.41) is 1.89. The molecule has 0 aliphatic carbocycles. The van der Waals surface area contributed by atoms with Gasteiger partial charge in [-0.25, -0.2) is 21.6 Å². The molecule has 224 valence electrons. The maximum atomic E-state index is 14.4. The summed E-state index contributed by atoms with van der Waals surface area (Å²) in [5.74, 6) is -0.612. The first kappa shape index (κ1) is 30.0. The highest BCUT2D eigenvalue weighted by Crippen LogP contribution is 2.49. The lowest BCUT2D eigenvalue weighted by Gasteiger charge is -2.44. The van der Waals surface area contributed by atoms with Gasteiger partial charge in [-0.2, -0.15) is 4.31 Å². The summed E-state index contributed by atoms with van der Waals surface area (Å²) >= 11 is 6.06. The number of carbonyl (C=O) groups is 2. The average molecular weight is 628 g/mol. The number of piperazine rings is 1. The number of hydrogen-bond acceptors (Lipinski definition) is 8. The molecule has 41 heavy (non-hydrogen) atoms. The minimum absolute atomic E-state index is 0.0584. The van der Waals surface area contributed by atoms with Gasteiger partial charge in [-0.3, -0.25) is 4.79 Å². The number of piperidine rings is 1. The minimum Gasteiger partial charge on any atom is -0.444 e. The van der Waals surface area contributed by atoms with E-state index >= 15 is 0 Å². The van der Waals surface area contributed by atoms with E-state index in [1.54, 1.807) is 45.0 Å². The number of rotatable bonds is 4. The van der Waals surface area contributed by atoms with Gasteiger partial charge in [0, 0.05) is 31.8 Å². The van der Waals surface area contributed by atoms with E-state index in [0.29, 0.717) is 10.4 Å². The molecule has 2 amide bonds. The van der Waals surface area contributed by atoms with Gasteiger partial charge in [0.15, 0.2) is 14.7 Å². The zero-order chi connectivity index (χ0) is 30.0. The van der Waals surface area contributed by atoms with Crippen molar-refractivity contribution >= 4 is 54.2 Å². The van der Waals surface area contributed by atoms with Crippen molar-refractivity contribution in [3.05, 3.63) is 41.4 Å². The highest BCUT2D eigenvalue weighted by Gasteiger charge is 2.70. The van der Waals surface area contributed by atoms with Gasteiger partial charge in [-0.05, 0) is 68.7 Å². The predicted molar refractivity (Wildman–Crippen MR) is 153 cm³/mol. The molecule has 1 atom stereocenters. The third kappa shape index (κ3) is 4.89. The summed E-state index contributed by atoms with van der Waals surface area (Å²) in [6, 6.07) is 9.58. The average Bonchev–Trinajstić information content (AvgIpc) is 3.07. The normalized spacial score (nSPS) is 24.6. The van der Waals surface area contributed by atoms with Gasteiger partial charge in [-0.1, -0.05) is 23.7 Å². The van der Waals surface area contributed by atoms with Crippen molar-refractivity contribution in [1.82, 2.24) is 14.1 Å². The number of sulfone groups is 1. The second-order valence-corrected chi connectivity index (χ2v) is 16.9. The van der Waals surface area contributed by atoms with Crippen molar-refractivity contribution in [2.75, 3.05) is 46.4 Å². The number of halogens is 1. The molecule has 3 fully saturated rings. The van der Waals surface area contributed by atoms with Crippen LogP contribution >= 0.6 is 11.6 Å². The molecule has 2 aromatic rings. The van der Waals surface area contributed by atoms with E-state index in [4.69, 9.17) is 21.1 Å². The summed E-state index contributed by atoms with van der Waals surface area (Å²) in [6.45, 7) is 4.07. The van der Waals surface area contributed by atoms with Gasteiger partial charge in [-0.15, -0.1) is 0 Å². The summed E-state index contributed by atoms with van der Waals surface area (Å²) in [4.78, 5) is 27.0. The number of ether oxygens (including phenoxy) is 2. The molecule has 3 aliphatic rings. The van der Waals surface area contributed by atoms with Gasteiger partial charge >= 0.3 is 6.09 Å². The fraction of sp³-hybridized carbons (Fsp3) is 0.556. The number of hydrogen-bond donors (Lipinski definition) is 0. The van der Waals surface area contributed by atoms with Crippen molar-refractivity contribution in [2.45, 2.75) is 53.7 Å². The number of sulfonamides is 1. The van der Waals surface area contributed by atoms with Crippen LogP contribution in [0.1, 0.15) is 33.6 Å². The topological polar surface area (TPSA) is 131 Å².